The second kappa shape index (κ2) is 25.8. The number of rotatable bonds is 27. The van der Waals surface area contributed by atoms with Crippen LogP contribution in [0.1, 0.15) is 179 Å². The second-order valence-electron chi connectivity index (χ2n) is 12.8. The Balaban J connectivity index is 0.00000924. The molecule has 0 aliphatic rings. The van der Waals surface area contributed by atoms with Crippen molar-refractivity contribution in [3.63, 3.8) is 0 Å². The maximum absolute atomic E-state index is 12.4. The third-order valence-corrected chi connectivity index (χ3v) is 10.0. The summed E-state index contributed by atoms with van der Waals surface area (Å²) in [5, 5.41) is 1.56. The summed E-state index contributed by atoms with van der Waals surface area (Å²) in [4.78, 5) is 0.0274. The van der Waals surface area contributed by atoms with Crippen LogP contribution in [0.25, 0.3) is 10.8 Å². The van der Waals surface area contributed by atoms with E-state index in [1.807, 2.05) is 18.2 Å². The molecule has 240 valence electrons. The monoisotopic (exact) mass is 622 g/mol. The molecular weight excluding hydrogens is 559 g/mol. The van der Waals surface area contributed by atoms with Crippen LogP contribution < -0.4 is 29.6 Å². The van der Waals surface area contributed by atoms with E-state index in [-0.39, 0.29) is 34.5 Å². The molecule has 43 heavy (non-hydrogen) atoms. The fourth-order valence-electron chi connectivity index (χ4n) is 6.46. The maximum Gasteiger partial charge on any atom is 1.00 e. The van der Waals surface area contributed by atoms with E-state index in [4.69, 9.17) is 0 Å². The van der Waals surface area contributed by atoms with Crippen molar-refractivity contribution in [1.82, 2.24) is 0 Å². The number of hydrogen-bond donors (Lipinski definition) is 0. The van der Waals surface area contributed by atoms with E-state index >= 15 is 0 Å². The normalized spacial score (nSPS) is 11.7. The van der Waals surface area contributed by atoms with Gasteiger partial charge < -0.3 is 4.55 Å². The van der Waals surface area contributed by atoms with Gasteiger partial charge in [0.2, 0.25) is 0 Å². The Kier molecular flexibility index (Phi) is 24.3. The second-order valence-corrected chi connectivity index (χ2v) is 14.1. The van der Waals surface area contributed by atoms with Gasteiger partial charge in [-0.3, -0.25) is 0 Å². The molecule has 0 aliphatic heterocycles. The molecule has 0 bridgehead atoms. The molecule has 0 saturated carbocycles. The fraction of sp³-hybridized carbons (Fsp3) is 0.737. The molecule has 0 spiro atoms. The first-order chi connectivity index (χ1) is 20.5. The van der Waals surface area contributed by atoms with Gasteiger partial charge in [0.15, 0.2) is 0 Å². The smallest absolute Gasteiger partial charge is 0.744 e. The van der Waals surface area contributed by atoms with E-state index in [2.05, 4.69) is 26.0 Å². The molecule has 2 aromatic carbocycles. The third-order valence-electron chi connectivity index (χ3n) is 9.03. The summed E-state index contributed by atoms with van der Waals surface area (Å²) in [5.41, 5.74) is 1.87. The predicted octanol–water partition coefficient (Wildman–Crippen LogP) is 9.24. The van der Waals surface area contributed by atoms with Gasteiger partial charge >= 0.3 is 29.6 Å². The number of fused-ring (bicyclic) bond motifs is 1. The van der Waals surface area contributed by atoms with Crippen molar-refractivity contribution in [2.75, 3.05) is 0 Å². The molecule has 0 unspecified atom stereocenters. The quantitative estimate of drug-likeness (QED) is 0.0567. The first kappa shape index (κ1) is 40.6. The summed E-state index contributed by atoms with van der Waals surface area (Å²) >= 11 is 0. The van der Waals surface area contributed by atoms with Crippen LogP contribution >= 0.6 is 0 Å². The summed E-state index contributed by atoms with van der Waals surface area (Å²) in [5.74, 6) is 0. The molecule has 0 amide bonds. The molecule has 2 aromatic rings. The minimum absolute atomic E-state index is 0. The van der Waals surface area contributed by atoms with Crippen molar-refractivity contribution in [1.29, 1.82) is 0 Å². The van der Waals surface area contributed by atoms with Gasteiger partial charge in [-0.15, -0.1) is 0 Å². The van der Waals surface area contributed by atoms with Crippen LogP contribution in [-0.2, 0) is 23.0 Å². The van der Waals surface area contributed by atoms with Crippen LogP contribution in [-0.4, -0.2) is 13.0 Å². The molecule has 0 N–H and O–H groups in total. The molecule has 0 saturated heterocycles. The molecule has 0 heterocycles. The molecule has 0 radical (unpaired) electrons. The van der Waals surface area contributed by atoms with Crippen LogP contribution in [0.3, 0.4) is 0 Å². The molecular formula is C38H63NaO3S. The van der Waals surface area contributed by atoms with E-state index in [0.29, 0.717) is 17.4 Å². The maximum atomic E-state index is 12.4. The average Bonchev–Trinajstić information content (AvgIpc) is 2.97. The largest absolute Gasteiger partial charge is 1.00 e. The van der Waals surface area contributed by atoms with Gasteiger partial charge in [-0.1, -0.05) is 185 Å². The van der Waals surface area contributed by atoms with Gasteiger partial charge in [0.25, 0.3) is 0 Å². The van der Waals surface area contributed by atoms with Crippen LogP contribution in [0.5, 0.6) is 0 Å². The predicted molar refractivity (Wildman–Crippen MR) is 181 cm³/mol. The van der Waals surface area contributed by atoms with Crippen molar-refractivity contribution in [2.24, 2.45) is 0 Å². The number of hydrogen-bond acceptors (Lipinski definition) is 3. The van der Waals surface area contributed by atoms with Crippen molar-refractivity contribution >= 4 is 20.9 Å². The Morgan fingerprint density at radius 2 is 0.837 bits per heavy atom. The summed E-state index contributed by atoms with van der Waals surface area (Å²) in [6.07, 6.45) is 32.7. The minimum Gasteiger partial charge on any atom is -0.744 e. The van der Waals surface area contributed by atoms with E-state index in [1.165, 1.54) is 140 Å². The average molecular weight is 623 g/mol. The summed E-state index contributed by atoms with van der Waals surface area (Å²) in [6, 6.07) is 9.85. The fourth-order valence-corrected chi connectivity index (χ4v) is 7.40. The zero-order valence-corrected chi connectivity index (χ0v) is 31.2. The Morgan fingerprint density at radius 1 is 0.465 bits per heavy atom. The molecule has 0 atom stereocenters. The third kappa shape index (κ3) is 17.8. The molecule has 3 nitrogen and oxygen atoms in total. The zero-order valence-electron chi connectivity index (χ0n) is 28.4. The molecule has 0 aromatic heterocycles. The van der Waals surface area contributed by atoms with Crippen molar-refractivity contribution in [2.45, 2.75) is 186 Å². The number of aryl methyl sites for hydroxylation is 2. The molecule has 0 aliphatic carbocycles. The number of benzene rings is 2. The van der Waals surface area contributed by atoms with Gasteiger partial charge in [0, 0.05) is 0 Å². The SMILES string of the molecule is CCCCCCCCCCCCCCc1ccc2c(CCCCCCCCCCCCCC)cccc2c1S(=O)(=O)[O-].[Na+]. The summed E-state index contributed by atoms with van der Waals surface area (Å²) in [6.45, 7) is 4.53. The summed E-state index contributed by atoms with van der Waals surface area (Å²) < 4.78 is 37.2. The van der Waals surface area contributed by atoms with Gasteiger partial charge in [-0.2, -0.15) is 0 Å². The standard InChI is InChI=1S/C38H64O3S.Na/c1-3-5-7-9-11-13-15-17-19-21-23-25-28-34-30-27-31-37-36(34)33-32-35(38(37)42(39,40)41)29-26-24-22-20-18-16-14-12-10-8-6-4-2;/h27,30-33H,3-26,28-29H2,1-2H3,(H,39,40,41);/q;+1/p-1. The molecule has 0 fully saturated rings. The topological polar surface area (TPSA) is 57.2 Å². The van der Waals surface area contributed by atoms with E-state index in [9.17, 15) is 13.0 Å². The van der Waals surface area contributed by atoms with Gasteiger partial charge in [0.05, 0.1) is 4.90 Å². The van der Waals surface area contributed by atoms with Crippen molar-refractivity contribution in [3.05, 3.63) is 41.5 Å². The Morgan fingerprint density at radius 3 is 1.23 bits per heavy atom. The van der Waals surface area contributed by atoms with Gasteiger partial charge in [-0.25, -0.2) is 8.42 Å². The van der Waals surface area contributed by atoms with E-state index in [1.54, 1.807) is 0 Å². The van der Waals surface area contributed by atoms with Crippen LogP contribution in [0.4, 0.5) is 0 Å². The van der Waals surface area contributed by atoms with Gasteiger partial charge in [0.1, 0.15) is 10.1 Å². The van der Waals surface area contributed by atoms with E-state index < -0.39 is 10.1 Å². The van der Waals surface area contributed by atoms with Crippen molar-refractivity contribution < 1.29 is 42.5 Å². The minimum atomic E-state index is -4.54. The van der Waals surface area contributed by atoms with Gasteiger partial charge in [-0.05, 0) is 47.6 Å². The summed E-state index contributed by atoms with van der Waals surface area (Å²) in [7, 11) is -4.54. The van der Waals surface area contributed by atoms with E-state index in [0.717, 1.165) is 31.1 Å². The van der Waals surface area contributed by atoms with Crippen LogP contribution in [0, 0.1) is 0 Å². The first-order valence-corrected chi connectivity index (χ1v) is 19.4. The molecule has 5 heteroatoms. The Hall–Kier alpha value is -0.390. The first-order valence-electron chi connectivity index (χ1n) is 18.0. The Bertz CT molecular complexity index is 1070. The number of unbranched alkanes of at least 4 members (excludes halogenated alkanes) is 22. The van der Waals surface area contributed by atoms with Crippen molar-refractivity contribution in [3.8, 4) is 0 Å². The molecule has 2 rings (SSSR count). The Labute approximate surface area is 288 Å². The van der Waals surface area contributed by atoms with Crippen LogP contribution in [0.2, 0.25) is 0 Å². The van der Waals surface area contributed by atoms with Crippen LogP contribution in [0.15, 0.2) is 35.2 Å². The zero-order chi connectivity index (χ0) is 30.3.